The lowest BCUT2D eigenvalue weighted by Crippen LogP contribution is -2.38. The Hall–Kier alpha value is -2.94. The Labute approximate surface area is 134 Å². The lowest BCUT2D eigenvalue weighted by atomic mass is 10.1. The van der Waals surface area contributed by atoms with Crippen LogP contribution in [0.3, 0.4) is 0 Å². The van der Waals surface area contributed by atoms with Gasteiger partial charge >= 0.3 is 0 Å². The molecular weight excluding hydrogens is 293 g/mol. The quantitative estimate of drug-likeness (QED) is 0.654. The number of hydrogen-bond acceptors (Lipinski definition) is 3. The first kappa shape index (κ1) is 16.4. The third-order valence-corrected chi connectivity index (χ3v) is 3.25. The number of nitrogens with zero attached hydrogens (tertiary/aromatic N) is 3. The van der Waals surface area contributed by atoms with E-state index in [4.69, 9.17) is 5.26 Å². The van der Waals surface area contributed by atoms with Gasteiger partial charge in [0.2, 0.25) is 0 Å². The molecule has 0 aliphatic heterocycles. The summed E-state index contributed by atoms with van der Waals surface area (Å²) in [4.78, 5) is 8.34. The standard InChI is InChI=1S/C17H18FN5/c1-20-17(22-9-7-15-4-2-3-8-21-15)23-12-14-6-5-13(11-19)10-16(14)18/h2-6,8,10H,7,9,12H2,1H3,(H2,20,22,23). The van der Waals surface area contributed by atoms with Crippen LogP contribution in [0.1, 0.15) is 16.8 Å². The molecule has 0 atom stereocenters. The fourth-order valence-corrected chi connectivity index (χ4v) is 2.01. The van der Waals surface area contributed by atoms with Crippen LogP contribution in [-0.4, -0.2) is 24.5 Å². The fourth-order valence-electron chi connectivity index (χ4n) is 2.01. The first-order chi connectivity index (χ1) is 11.2. The summed E-state index contributed by atoms with van der Waals surface area (Å²) in [5, 5.41) is 14.9. The number of aliphatic imine (C=N–C) groups is 1. The van der Waals surface area contributed by atoms with Crippen molar-refractivity contribution in [3.05, 3.63) is 65.2 Å². The molecule has 5 nitrogen and oxygen atoms in total. The fraction of sp³-hybridized carbons (Fsp3) is 0.235. The van der Waals surface area contributed by atoms with Crippen molar-refractivity contribution < 1.29 is 4.39 Å². The highest BCUT2D eigenvalue weighted by atomic mass is 19.1. The third kappa shape index (κ3) is 5.08. The zero-order valence-corrected chi connectivity index (χ0v) is 12.9. The van der Waals surface area contributed by atoms with Gasteiger partial charge in [0.05, 0.1) is 11.6 Å². The van der Waals surface area contributed by atoms with Crippen molar-refractivity contribution in [3.63, 3.8) is 0 Å². The van der Waals surface area contributed by atoms with Gasteiger partial charge < -0.3 is 10.6 Å². The van der Waals surface area contributed by atoms with Crippen molar-refractivity contribution in [2.24, 2.45) is 4.99 Å². The average molecular weight is 311 g/mol. The number of guanidine groups is 1. The molecule has 0 bridgehead atoms. The molecule has 118 valence electrons. The van der Waals surface area contributed by atoms with E-state index >= 15 is 0 Å². The molecule has 0 amide bonds. The number of aromatic nitrogens is 1. The summed E-state index contributed by atoms with van der Waals surface area (Å²) in [7, 11) is 1.66. The summed E-state index contributed by atoms with van der Waals surface area (Å²) >= 11 is 0. The number of nitrogens with one attached hydrogen (secondary N) is 2. The Kier molecular flexibility index (Phi) is 6.07. The van der Waals surface area contributed by atoms with E-state index < -0.39 is 5.82 Å². The van der Waals surface area contributed by atoms with E-state index in [9.17, 15) is 4.39 Å². The van der Waals surface area contributed by atoms with Crippen molar-refractivity contribution in [2.45, 2.75) is 13.0 Å². The summed E-state index contributed by atoms with van der Waals surface area (Å²) in [5.74, 6) is 0.185. The van der Waals surface area contributed by atoms with Gasteiger partial charge in [-0.15, -0.1) is 0 Å². The monoisotopic (exact) mass is 311 g/mol. The molecule has 1 aromatic carbocycles. The Balaban J connectivity index is 1.82. The first-order valence-electron chi connectivity index (χ1n) is 7.26. The minimum atomic E-state index is -0.402. The largest absolute Gasteiger partial charge is 0.356 e. The van der Waals surface area contributed by atoms with Crippen molar-refractivity contribution in [2.75, 3.05) is 13.6 Å². The Bertz CT molecular complexity index is 707. The number of pyridine rings is 1. The summed E-state index contributed by atoms with van der Waals surface area (Å²) in [6.45, 7) is 0.966. The van der Waals surface area contributed by atoms with Gasteiger partial charge in [0, 0.05) is 44.0 Å². The molecule has 0 saturated heterocycles. The lowest BCUT2D eigenvalue weighted by Gasteiger charge is -2.12. The molecule has 23 heavy (non-hydrogen) atoms. The molecular formula is C17H18FN5. The van der Waals surface area contributed by atoms with Crippen molar-refractivity contribution in [1.29, 1.82) is 5.26 Å². The minimum Gasteiger partial charge on any atom is -0.356 e. The number of halogens is 1. The predicted molar refractivity (Wildman–Crippen MR) is 87.3 cm³/mol. The van der Waals surface area contributed by atoms with E-state index in [-0.39, 0.29) is 0 Å². The van der Waals surface area contributed by atoms with Crippen molar-refractivity contribution in [3.8, 4) is 6.07 Å². The zero-order chi connectivity index (χ0) is 16.5. The highest BCUT2D eigenvalue weighted by Crippen LogP contribution is 2.09. The molecule has 2 rings (SSSR count). The third-order valence-electron chi connectivity index (χ3n) is 3.25. The smallest absolute Gasteiger partial charge is 0.191 e. The Morgan fingerprint density at radius 2 is 2.17 bits per heavy atom. The molecule has 1 heterocycles. The second-order valence-electron chi connectivity index (χ2n) is 4.84. The molecule has 0 spiro atoms. The van der Waals surface area contributed by atoms with Gasteiger partial charge in [-0.1, -0.05) is 12.1 Å². The van der Waals surface area contributed by atoms with Gasteiger partial charge in [-0.2, -0.15) is 5.26 Å². The summed E-state index contributed by atoms with van der Waals surface area (Å²) in [6.07, 6.45) is 2.53. The molecule has 0 saturated carbocycles. The maximum atomic E-state index is 13.8. The molecule has 0 aliphatic rings. The lowest BCUT2D eigenvalue weighted by molar-refractivity contribution is 0.604. The molecule has 0 aliphatic carbocycles. The van der Waals surface area contributed by atoms with Crippen LogP contribution in [0.25, 0.3) is 0 Å². The van der Waals surface area contributed by atoms with Crippen LogP contribution < -0.4 is 10.6 Å². The van der Waals surface area contributed by atoms with Crippen LogP contribution in [0, 0.1) is 17.1 Å². The SMILES string of the molecule is CN=C(NCCc1ccccn1)NCc1ccc(C#N)cc1F. The van der Waals surface area contributed by atoms with E-state index in [2.05, 4.69) is 20.6 Å². The van der Waals surface area contributed by atoms with Crippen molar-refractivity contribution >= 4 is 5.96 Å². The minimum absolute atomic E-state index is 0.292. The molecule has 0 unspecified atom stereocenters. The summed E-state index contributed by atoms with van der Waals surface area (Å²) in [6, 6.07) is 12.1. The van der Waals surface area contributed by atoms with Crippen LogP contribution in [-0.2, 0) is 13.0 Å². The molecule has 0 fully saturated rings. The second-order valence-corrected chi connectivity index (χ2v) is 4.84. The zero-order valence-electron chi connectivity index (χ0n) is 12.9. The van der Waals surface area contributed by atoms with Crippen LogP contribution in [0.15, 0.2) is 47.6 Å². The van der Waals surface area contributed by atoms with Crippen molar-refractivity contribution in [1.82, 2.24) is 15.6 Å². The van der Waals surface area contributed by atoms with E-state index in [1.54, 1.807) is 25.4 Å². The van der Waals surface area contributed by atoms with Gasteiger partial charge in [-0.3, -0.25) is 9.98 Å². The summed E-state index contributed by atoms with van der Waals surface area (Å²) in [5.41, 5.74) is 1.79. The van der Waals surface area contributed by atoms with Crippen LogP contribution in [0.5, 0.6) is 0 Å². The normalized spacial score (nSPS) is 10.9. The average Bonchev–Trinajstić information content (AvgIpc) is 2.59. The van der Waals surface area contributed by atoms with Gasteiger partial charge in [-0.05, 0) is 24.3 Å². The highest BCUT2D eigenvalue weighted by molar-refractivity contribution is 5.79. The molecule has 0 radical (unpaired) electrons. The van der Waals surface area contributed by atoms with Gasteiger partial charge in [-0.25, -0.2) is 4.39 Å². The highest BCUT2D eigenvalue weighted by Gasteiger charge is 2.05. The number of hydrogen-bond donors (Lipinski definition) is 2. The van der Waals surface area contributed by atoms with E-state index in [1.807, 2.05) is 24.3 Å². The predicted octanol–water partition coefficient (Wildman–Crippen LogP) is 2.00. The number of nitriles is 1. The second kappa shape index (κ2) is 8.49. The Morgan fingerprint density at radius 3 is 2.83 bits per heavy atom. The van der Waals surface area contributed by atoms with E-state index in [0.717, 1.165) is 12.1 Å². The first-order valence-corrected chi connectivity index (χ1v) is 7.26. The van der Waals surface area contributed by atoms with Gasteiger partial charge in [0.25, 0.3) is 0 Å². The maximum absolute atomic E-state index is 13.8. The maximum Gasteiger partial charge on any atom is 0.191 e. The van der Waals surface area contributed by atoms with Crippen LogP contribution >= 0.6 is 0 Å². The molecule has 2 N–H and O–H groups in total. The summed E-state index contributed by atoms with van der Waals surface area (Å²) < 4.78 is 13.8. The van der Waals surface area contributed by atoms with Gasteiger partial charge in [0.15, 0.2) is 5.96 Å². The number of rotatable bonds is 5. The molecule has 6 heteroatoms. The van der Waals surface area contributed by atoms with E-state index in [0.29, 0.717) is 30.2 Å². The van der Waals surface area contributed by atoms with Crippen LogP contribution in [0.2, 0.25) is 0 Å². The molecule has 2 aromatic rings. The van der Waals surface area contributed by atoms with E-state index in [1.165, 1.54) is 6.07 Å². The molecule has 1 aromatic heterocycles. The number of benzene rings is 1. The van der Waals surface area contributed by atoms with Crippen LogP contribution in [0.4, 0.5) is 4.39 Å². The topological polar surface area (TPSA) is 73.1 Å². The Morgan fingerprint density at radius 1 is 1.30 bits per heavy atom. The van der Waals surface area contributed by atoms with Gasteiger partial charge in [0.1, 0.15) is 5.82 Å².